The van der Waals surface area contributed by atoms with Crippen LogP contribution in [0.1, 0.15) is 11.1 Å². The number of benzene rings is 2. The van der Waals surface area contributed by atoms with Crippen molar-refractivity contribution in [2.24, 2.45) is 17.8 Å². The molecule has 2 aliphatic rings. The van der Waals surface area contributed by atoms with Crippen molar-refractivity contribution in [2.45, 2.75) is 18.3 Å². The SMILES string of the molecule is N#Cc1ccc(OCC(O)CN2CC3CN(CC(O)COc4ccc(C#N)cc4)CC(C2)C3C(O)CO)cc1. The molecule has 10 nitrogen and oxygen atoms in total. The third-order valence-corrected chi connectivity index (χ3v) is 7.48. The van der Waals surface area contributed by atoms with Crippen molar-refractivity contribution in [3.8, 4) is 23.6 Å². The minimum Gasteiger partial charge on any atom is -0.491 e. The fraction of sp³-hybridized carbons (Fsp3) is 0.517. The number of nitriles is 2. The molecule has 0 aromatic heterocycles. The van der Waals surface area contributed by atoms with E-state index in [0.717, 1.165) is 0 Å². The van der Waals surface area contributed by atoms with Gasteiger partial charge in [0, 0.05) is 39.3 Å². The van der Waals surface area contributed by atoms with Gasteiger partial charge in [-0.15, -0.1) is 0 Å². The number of ether oxygens (including phenoxy) is 2. The Hall–Kier alpha value is -3.22. The summed E-state index contributed by atoms with van der Waals surface area (Å²) in [7, 11) is 0. The highest BCUT2D eigenvalue weighted by Gasteiger charge is 2.45. The number of likely N-dealkylation sites (tertiary alicyclic amines) is 2. The minimum atomic E-state index is -0.807. The van der Waals surface area contributed by atoms with Crippen LogP contribution in [0.3, 0.4) is 0 Å². The smallest absolute Gasteiger partial charge is 0.119 e. The number of rotatable bonds is 12. The van der Waals surface area contributed by atoms with Crippen molar-refractivity contribution in [2.75, 3.05) is 59.1 Å². The number of hydrogen-bond acceptors (Lipinski definition) is 10. The van der Waals surface area contributed by atoms with Crippen LogP contribution in [0.15, 0.2) is 48.5 Å². The van der Waals surface area contributed by atoms with Crippen molar-refractivity contribution in [1.82, 2.24) is 9.80 Å². The Kier molecular flexibility index (Phi) is 10.1. The Morgan fingerprint density at radius 2 is 1.10 bits per heavy atom. The largest absolute Gasteiger partial charge is 0.491 e. The van der Waals surface area contributed by atoms with Crippen molar-refractivity contribution in [1.29, 1.82) is 10.5 Å². The molecular formula is C29H36N4O6. The molecule has 0 spiro atoms. The first-order chi connectivity index (χ1) is 18.9. The number of piperidine rings is 2. The molecular weight excluding hydrogens is 500 g/mol. The van der Waals surface area contributed by atoms with Gasteiger partial charge < -0.3 is 29.9 Å². The number of nitrogens with zero attached hydrogens (tertiary/aromatic N) is 4. The second-order valence-electron chi connectivity index (χ2n) is 10.5. The molecule has 2 heterocycles. The van der Waals surface area contributed by atoms with Crippen molar-refractivity contribution in [3.05, 3.63) is 59.7 Å². The lowest BCUT2D eigenvalue weighted by atomic mass is 9.71. The molecule has 4 N–H and O–H groups in total. The number of fused-ring (bicyclic) bond motifs is 2. The van der Waals surface area contributed by atoms with Crippen molar-refractivity contribution >= 4 is 0 Å². The van der Waals surface area contributed by atoms with E-state index < -0.39 is 18.3 Å². The Labute approximate surface area is 228 Å². The zero-order valence-electron chi connectivity index (χ0n) is 21.8. The third kappa shape index (κ3) is 7.90. The van der Waals surface area contributed by atoms with Gasteiger partial charge in [-0.3, -0.25) is 9.80 Å². The summed E-state index contributed by atoms with van der Waals surface area (Å²) in [6.45, 7) is 3.41. The highest BCUT2D eigenvalue weighted by molar-refractivity contribution is 5.35. The van der Waals surface area contributed by atoms with E-state index >= 15 is 0 Å². The first kappa shape index (κ1) is 28.8. The van der Waals surface area contributed by atoms with Gasteiger partial charge in [0.1, 0.15) is 36.9 Å². The van der Waals surface area contributed by atoms with Crippen LogP contribution in [0, 0.1) is 40.4 Å². The third-order valence-electron chi connectivity index (χ3n) is 7.48. The molecule has 10 heteroatoms. The monoisotopic (exact) mass is 536 g/mol. The zero-order chi connectivity index (χ0) is 27.8. The highest BCUT2D eigenvalue weighted by Crippen LogP contribution is 2.37. The standard InChI is InChI=1S/C29H36N4O6/c30-9-20-1-5-26(6-2-20)38-18-24(35)15-32-11-22-13-33(14-23(12-32)29(22)28(37)17-34)16-25(36)19-39-27-7-3-21(10-31)4-8-27/h1-8,22-25,28-29,34-37H,11-19H2. The lowest BCUT2D eigenvalue weighted by Gasteiger charge is -2.52. The molecule has 0 saturated carbocycles. The molecule has 4 rings (SSSR count). The van der Waals surface area contributed by atoms with E-state index in [1.165, 1.54) is 0 Å². The van der Waals surface area contributed by atoms with Crippen LogP contribution in [0.4, 0.5) is 0 Å². The molecule has 2 fully saturated rings. The molecule has 2 aliphatic heterocycles. The van der Waals surface area contributed by atoms with Gasteiger partial charge >= 0.3 is 0 Å². The molecule has 39 heavy (non-hydrogen) atoms. The molecule has 0 aliphatic carbocycles. The van der Waals surface area contributed by atoms with Gasteiger partial charge in [0.25, 0.3) is 0 Å². The summed E-state index contributed by atoms with van der Waals surface area (Å²) in [4.78, 5) is 4.37. The predicted octanol–water partition coefficient (Wildman–Crippen LogP) is 0.443. The summed E-state index contributed by atoms with van der Waals surface area (Å²) in [5.74, 6) is 1.26. The van der Waals surface area contributed by atoms with Crippen molar-refractivity contribution in [3.63, 3.8) is 0 Å². The zero-order valence-corrected chi connectivity index (χ0v) is 21.8. The quantitative estimate of drug-likeness (QED) is 0.301. The topological polar surface area (TPSA) is 153 Å². The first-order valence-corrected chi connectivity index (χ1v) is 13.2. The number of β-amino-alcohol motifs (C(OH)–C–C–N with tert-alkyl or cyclic N) is 2. The molecule has 208 valence electrons. The fourth-order valence-corrected chi connectivity index (χ4v) is 5.85. The molecule has 2 saturated heterocycles. The number of aliphatic hydroxyl groups is 4. The molecule has 0 radical (unpaired) electrons. The van der Waals surface area contributed by atoms with Gasteiger partial charge in [-0.25, -0.2) is 0 Å². The van der Waals surface area contributed by atoms with Gasteiger partial charge in [0.05, 0.1) is 36.0 Å². The average molecular weight is 537 g/mol. The number of aliphatic hydroxyl groups excluding tert-OH is 4. The Morgan fingerprint density at radius 1 is 0.718 bits per heavy atom. The summed E-state index contributed by atoms with van der Waals surface area (Å²) in [5, 5.41) is 59.3. The van der Waals surface area contributed by atoms with Crippen LogP contribution in [0.2, 0.25) is 0 Å². The first-order valence-electron chi connectivity index (χ1n) is 13.2. The Balaban J connectivity index is 1.27. The fourth-order valence-electron chi connectivity index (χ4n) is 5.85. The van der Waals surface area contributed by atoms with Gasteiger partial charge in [-0.2, -0.15) is 10.5 Å². The van der Waals surface area contributed by atoms with E-state index in [-0.39, 0.29) is 37.6 Å². The van der Waals surface area contributed by atoms with Crippen LogP contribution in [0.5, 0.6) is 11.5 Å². The molecule has 2 aromatic rings. The normalized spacial score (nSPS) is 23.7. The molecule has 2 aromatic carbocycles. The summed E-state index contributed by atoms with van der Waals surface area (Å²) < 4.78 is 11.4. The summed E-state index contributed by atoms with van der Waals surface area (Å²) >= 11 is 0. The minimum absolute atomic E-state index is 0.0541. The van der Waals surface area contributed by atoms with Gasteiger partial charge in [-0.1, -0.05) is 0 Å². The maximum atomic E-state index is 10.6. The van der Waals surface area contributed by atoms with E-state index in [2.05, 4.69) is 21.9 Å². The van der Waals surface area contributed by atoms with E-state index in [0.29, 0.717) is 61.9 Å². The van der Waals surface area contributed by atoms with Crippen LogP contribution in [-0.4, -0.2) is 108 Å². The van der Waals surface area contributed by atoms with E-state index in [4.69, 9.17) is 20.0 Å². The van der Waals surface area contributed by atoms with E-state index in [1.807, 2.05) is 0 Å². The van der Waals surface area contributed by atoms with Crippen LogP contribution >= 0.6 is 0 Å². The molecule has 0 amide bonds. The molecule has 2 bridgehead atoms. The molecule has 3 atom stereocenters. The number of hydrogen-bond donors (Lipinski definition) is 4. The van der Waals surface area contributed by atoms with Crippen LogP contribution in [-0.2, 0) is 0 Å². The predicted molar refractivity (Wildman–Crippen MR) is 142 cm³/mol. The van der Waals surface area contributed by atoms with Gasteiger partial charge in [-0.05, 0) is 66.3 Å². The highest BCUT2D eigenvalue weighted by atomic mass is 16.5. The second kappa shape index (κ2) is 13.7. The van der Waals surface area contributed by atoms with Crippen LogP contribution in [0.25, 0.3) is 0 Å². The van der Waals surface area contributed by atoms with Crippen molar-refractivity contribution < 1.29 is 29.9 Å². The maximum absolute atomic E-state index is 10.6. The Bertz CT molecular complexity index is 1030. The average Bonchev–Trinajstić information content (AvgIpc) is 2.94. The second-order valence-corrected chi connectivity index (χ2v) is 10.5. The summed E-state index contributed by atoms with van der Waals surface area (Å²) in [6.07, 6.45) is -2.23. The van der Waals surface area contributed by atoms with E-state index in [9.17, 15) is 20.4 Å². The summed E-state index contributed by atoms with van der Waals surface area (Å²) in [5.41, 5.74) is 1.09. The molecule has 3 unspecified atom stereocenters. The maximum Gasteiger partial charge on any atom is 0.119 e. The Morgan fingerprint density at radius 3 is 1.44 bits per heavy atom. The lowest BCUT2D eigenvalue weighted by Crippen LogP contribution is -2.62. The van der Waals surface area contributed by atoms with Crippen LogP contribution < -0.4 is 9.47 Å². The van der Waals surface area contributed by atoms with Gasteiger partial charge in [0.15, 0.2) is 0 Å². The lowest BCUT2D eigenvalue weighted by molar-refractivity contribution is -0.101. The summed E-state index contributed by atoms with van der Waals surface area (Å²) in [6, 6.07) is 17.6. The van der Waals surface area contributed by atoms with Gasteiger partial charge in [0.2, 0.25) is 0 Å². The van der Waals surface area contributed by atoms with E-state index in [1.54, 1.807) is 48.5 Å².